The molecule has 0 aliphatic rings. The topological polar surface area (TPSA) is 117 Å². The van der Waals surface area contributed by atoms with E-state index in [4.69, 9.17) is 0 Å². The maximum Gasteiger partial charge on any atom is 0.211 e. The summed E-state index contributed by atoms with van der Waals surface area (Å²) in [5.41, 5.74) is 1.61. The number of hydrogen-bond acceptors (Lipinski definition) is 5. The molecule has 162 valence electrons. The average molecular weight is 546 g/mol. The molecule has 8 nitrogen and oxygen atoms in total. The van der Waals surface area contributed by atoms with Crippen molar-refractivity contribution in [2.45, 2.75) is 38.6 Å². The Balaban J connectivity index is 0.00000729. The van der Waals surface area contributed by atoms with Crippen LogP contribution in [0, 0.1) is 6.92 Å². The van der Waals surface area contributed by atoms with Gasteiger partial charge in [-0.05, 0) is 44.4 Å². The number of aliphatic imine (C=N–C) groups is 1. The maximum atomic E-state index is 11.7. The van der Waals surface area contributed by atoms with Crippen LogP contribution in [0.2, 0.25) is 0 Å². The fourth-order valence-corrected chi connectivity index (χ4v) is 3.98. The Kier molecular flexibility index (Phi) is 12.2. The SMILES string of the molecule is CCNC(=NCc1ccc(S(C)(=O)=O)c(C)c1)NCCCNS(=O)(=O)CC.I. The molecule has 0 bridgehead atoms. The van der Waals surface area contributed by atoms with Gasteiger partial charge in [0, 0.05) is 25.9 Å². The van der Waals surface area contributed by atoms with Gasteiger partial charge in [0.05, 0.1) is 17.2 Å². The fourth-order valence-electron chi connectivity index (χ4n) is 2.36. The summed E-state index contributed by atoms with van der Waals surface area (Å²) in [6.45, 7) is 7.37. The van der Waals surface area contributed by atoms with Gasteiger partial charge in [-0.15, -0.1) is 24.0 Å². The lowest BCUT2D eigenvalue weighted by molar-refractivity contribution is 0.579. The monoisotopic (exact) mass is 546 g/mol. The molecule has 11 heteroatoms. The zero-order chi connectivity index (χ0) is 20.5. The van der Waals surface area contributed by atoms with Gasteiger partial charge in [0.1, 0.15) is 0 Å². The Morgan fingerprint density at radius 3 is 2.29 bits per heavy atom. The number of hydrogen-bond donors (Lipinski definition) is 3. The highest BCUT2D eigenvalue weighted by Gasteiger charge is 2.10. The largest absolute Gasteiger partial charge is 0.357 e. The first-order valence-corrected chi connectivity index (χ1v) is 12.4. The molecular formula is C17H31IN4O4S2. The summed E-state index contributed by atoms with van der Waals surface area (Å²) in [4.78, 5) is 4.81. The molecule has 0 saturated carbocycles. The summed E-state index contributed by atoms with van der Waals surface area (Å²) in [5, 5.41) is 6.28. The van der Waals surface area contributed by atoms with Crippen molar-refractivity contribution >= 4 is 49.8 Å². The Morgan fingerprint density at radius 1 is 1.07 bits per heavy atom. The second-order valence-electron chi connectivity index (χ2n) is 6.15. The lowest BCUT2D eigenvalue weighted by Gasteiger charge is -2.12. The van der Waals surface area contributed by atoms with Crippen LogP contribution < -0.4 is 15.4 Å². The number of sulfone groups is 1. The quantitative estimate of drug-likeness (QED) is 0.177. The minimum atomic E-state index is -3.23. The van der Waals surface area contributed by atoms with Crippen LogP contribution in [0.15, 0.2) is 28.1 Å². The molecule has 0 saturated heterocycles. The van der Waals surface area contributed by atoms with Gasteiger partial charge < -0.3 is 10.6 Å². The normalized spacial score (nSPS) is 12.4. The molecule has 3 N–H and O–H groups in total. The molecule has 0 radical (unpaired) electrons. The number of sulfonamides is 1. The molecular weight excluding hydrogens is 515 g/mol. The summed E-state index contributed by atoms with van der Waals surface area (Å²) in [6.07, 6.45) is 1.83. The van der Waals surface area contributed by atoms with Gasteiger partial charge in [-0.2, -0.15) is 0 Å². The van der Waals surface area contributed by atoms with Crippen LogP contribution in [-0.2, 0) is 26.4 Å². The maximum absolute atomic E-state index is 11.7. The first-order chi connectivity index (χ1) is 12.6. The van der Waals surface area contributed by atoms with E-state index in [0.29, 0.717) is 49.0 Å². The van der Waals surface area contributed by atoms with Crippen molar-refractivity contribution in [3.63, 3.8) is 0 Å². The third kappa shape index (κ3) is 10.0. The summed E-state index contributed by atoms with van der Waals surface area (Å²) in [7, 11) is -6.39. The van der Waals surface area contributed by atoms with E-state index in [1.165, 1.54) is 6.26 Å². The number of rotatable bonds is 10. The molecule has 0 fully saturated rings. The van der Waals surface area contributed by atoms with Crippen LogP contribution in [0.5, 0.6) is 0 Å². The molecule has 0 amide bonds. The van der Waals surface area contributed by atoms with Gasteiger partial charge in [0.2, 0.25) is 10.0 Å². The van der Waals surface area contributed by atoms with E-state index in [0.717, 1.165) is 5.56 Å². The highest BCUT2D eigenvalue weighted by molar-refractivity contribution is 14.0. The van der Waals surface area contributed by atoms with E-state index >= 15 is 0 Å². The molecule has 0 atom stereocenters. The van der Waals surface area contributed by atoms with Crippen LogP contribution in [0.25, 0.3) is 0 Å². The predicted molar refractivity (Wildman–Crippen MR) is 125 cm³/mol. The minimum absolute atomic E-state index is 0. The standard InChI is InChI=1S/C17H30N4O4S2.HI/c1-5-18-17(19-10-7-11-21-27(24,25)6-2)20-13-15-8-9-16(14(3)12-15)26(4,22)23;/h8-9,12,21H,5-7,10-11,13H2,1-4H3,(H2,18,19,20);1H. The lowest BCUT2D eigenvalue weighted by Crippen LogP contribution is -2.38. The second-order valence-corrected chi connectivity index (χ2v) is 10.2. The molecule has 1 rings (SSSR count). The van der Waals surface area contributed by atoms with E-state index in [2.05, 4.69) is 20.3 Å². The van der Waals surface area contributed by atoms with E-state index in [1.807, 2.05) is 13.0 Å². The van der Waals surface area contributed by atoms with Crippen LogP contribution in [0.4, 0.5) is 0 Å². The molecule has 0 unspecified atom stereocenters. The fraction of sp³-hybridized carbons (Fsp3) is 0.588. The molecule has 0 aromatic heterocycles. The number of benzene rings is 1. The van der Waals surface area contributed by atoms with Crippen LogP contribution >= 0.6 is 24.0 Å². The van der Waals surface area contributed by atoms with Gasteiger partial charge in [-0.25, -0.2) is 26.6 Å². The molecule has 0 heterocycles. The van der Waals surface area contributed by atoms with Crippen LogP contribution in [0.3, 0.4) is 0 Å². The van der Waals surface area contributed by atoms with Gasteiger partial charge >= 0.3 is 0 Å². The van der Waals surface area contributed by atoms with Crippen molar-refractivity contribution in [2.24, 2.45) is 4.99 Å². The van der Waals surface area contributed by atoms with Crippen molar-refractivity contribution in [3.8, 4) is 0 Å². The summed E-state index contributed by atoms with van der Waals surface area (Å²) >= 11 is 0. The highest BCUT2D eigenvalue weighted by Crippen LogP contribution is 2.17. The lowest BCUT2D eigenvalue weighted by atomic mass is 10.1. The number of aryl methyl sites for hydroxylation is 1. The Bertz CT molecular complexity index is 856. The van der Waals surface area contributed by atoms with Crippen LogP contribution in [0.1, 0.15) is 31.4 Å². The van der Waals surface area contributed by atoms with Crippen molar-refractivity contribution in [1.29, 1.82) is 0 Å². The number of halogens is 1. The van der Waals surface area contributed by atoms with E-state index < -0.39 is 19.9 Å². The molecule has 0 spiro atoms. The summed E-state index contributed by atoms with van der Waals surface area (Å²) < 4.78 is 48.6. The van der Waals surface area contributed by atoms with Gasteiger partial charge in [-0.3, -0.25) is 0 Å². The zero-order valence-electron chi connectivity index (χ0n) is 16.8. The molecule has 1 aromatic rings. The van der Waals surface area contributed by atoms with Crippen molar-refractivity contribution in [3.05, 3.63) is 29.3 Å². The Hall–Kier alpha value is -0.920. The van der Waals surface area contributed by atoms with E-state index in [1.54, 1.807) is 26.0 Å². The van der Waals surface area contributed by atoms with Crippen molar-refractivity contribution in [2.75, 3.05) is 31.6 Å². The van der Waals surface area contributed by atoms with Crippen molar-refractivity contribution < 1.29 is 16.8 Å². The summed E-state index contributed by atoms with van der Waals surface area (Å²) in [6, 6.07) is 5.19. The molecule has 0 aliphatic heterocycles. The summed E-state index contributed by atoms with van der Waals surface area (Å²) in [5.74, 6) is 0.697. The molecule has 0 aliphatic carbocycles. The first-order valence-electron chi connectivity index (χ1n) is 8.88. The highest BCUT2D eigenvalue weighted by atomic mass is 127. The third-order valence-corrected chi connectivity index (χ3v) is 6.41. The molecule has 28 heavy (non-hydrogen) atoms. The zero-order valence-corrected chi connectivity index (χ0v) is 20.7. The van der Waals surface area contributed by atoms with E-state index in [-0.39, 0.29) is 29.7 Å². The third-order valence-electron chi connectivity index (χ3n) is 3.75. The van der Waals surface area contributed by atoms with Gasteiger partial charge in [0.15, 0.2) is 15.8 Å². The smallest absolute Gasteiger partial charge is 0.211 e. The number of guanidine groups is 1. The van der Waals surface area contributed by atoms with Crippen molar-refractivity contribution in [1.82, 2.24) is 15.4 Å². The van der Waals surface area contributed by atoms with Gasteiger partial charge in [0.25, 0.3) is 0 Å². The number of nitrogens with zero attached hydrogens (tertiary/aromatic N) is 1. The molecule has 1 aromatic carbocycles. The van der Waals surface area contributed by atoms with E-state index in [9.17, 15) is 16.8 Å². The Labute approximate surface area is 186 Å². The number of nitrogens with one attached hydrogen (secondary N) is 3. The first kappa shape index (κ1) is 27.1. The predicted octanol–water partition coefficient (Wildman–Crippen LogP) is 1.40. The average Bonchev–Trinajstić information content (AvgIpc) is 2.58. The van der Waals surface area contributed by atoms with Gasteiger partial charge in [-0.1, -0.05) is 12.1 Å². The minimum Gasteiger partial charge on any atom is -0.357 e. The Morgan fingerprint density at radius 2 is 1.75 bits per heavy atom. The van der Waals surface area contributed by atoms with Crippen LogP contribution in [-0.4, -0.2) is 54.4 Å². The second kappa shape index (κ2) is 12.6.